The molecule has 1 aliphatic heterocycles. The zero-order chi connectivity index (χ0) is 17.4. The van der Waals surface area contributed by atoms with Gasteiger partial charge in [-0.15, -0.1) is 11.8 Å². The van der Waals surface area contributed by atoms with Crippen molar-refractivity contribution in [2.75, 3.05) is 0 Å². The molecule has 1 aliphatic rings. The summed E-state index contributed by atoms with van der Waals surface area (Å²) in [5, 5.41) is 9.12. The molecule has 1 amide bonds. The number of carbonyl (C=O) groups is 3. The number of benzene rings is 1. The molecule has 1 aromatic rings. The van der Waals surface area contributed by atoms with E-state index in [1.165, 1.54) is 30.5 Å². The lowest BCUT2D eigenvalue weighted by Crippen LogP contribution is -2.48. The SMILES string of the molecule is CC(=O)Oc1ccc([C@@H]2SC(C)(C)[C@H](C(=O)O)N2C(C)=O)cc1. The highest BCUT2D eigenvalue weighted by atomic mass is 32.2. The molecule has 0 unspecified atom stereocenters. The molecule has 23 heavy (non-hydrogen) atoms. The Morgan fingerprint density at radius 3 is 2.17 bits per heavy atom. The van der Waals surface area contributed by atoms with E-state index >= 15 is 0 Å². The van der Waals surface area contributed by atoms with Crippen molar-refractivity contribution >= 4 is 29.6 Å². The van der Waals surface area contributed by atoms with Gasteiger partial charge in [0.15, 0.2) is 0 Å². The molecule has 1 aromatic carbocycles. The molecular formula is C16H19NO5S. The van der Waals surface area contributed by atoms with Gasteiger partial charge in [-0.25, -0.2) is 4.79 Å². The minimum Gasteiger partial charge on any atom is -0.480 e. The summed E-state index contributed by atoms with van der Waals surface area (Å²) in [7, 11) is 0. The fraction of sp³-hybridized carbons (Fsp3) is 0.438. The van der Waals surface area contributed by atoms with Crippen LogP contribution in [0.3, 0.4) is 0 Å². The summed E-state index contributed by atoms with van der Waals surface area (Å²) >= 11 is 1.43. The Kier molecular flexibility index (Phi) is 4.70. The average molecular weight is 337 g/mol. The third-order valence-electron chi connectivity index (χ3n) is 3.63. The Labute approximate surface area is 138 Å². The summed E-state index contributed by atoms with van der Waals surface area (Å²) in [5.41, 5.74) is 0.790. The molecule has 0 spiro atoms. The molecule has 2 atom stereocenters. The largest absolute Gasteiger partial charge is 0.480 e. The molecule has 0 aliphatic carbocycles. The number of carboxylic acid groups (broad SMARTS) is 1. The number of aliphatic carboxylic acids is 1. The maximum absolute atomic E-state index is 12.0. The number of ether oxygens (including phenoxy) is 1. The first kappa shape index (κ1) is 17.3. The van der Waals surface area contributed by atoms with E-state index in [1.54, 1.807) is 24.3 Å². The topological polar surface area (TPSA) is 83.9 Å². The van der Waals surface area contributed by atoms with Crippen LogP contribution in [-0.4, -0.2) is 38.6 Å². The smallest absolute Gasteiger partial charge is 0.327 e. The quantitative estimate of drug-likeness (QED) is 0.674. The third-order valence-corrected chi connectivity index (χ3v) is 5.18. The van der Waals surface area contributed by atoms with Gasteiger partial charge in [-0.3, -0.25) is 9.59 Å². The number of carboxylic acids is 1. The van der Waals surface area contributed by atoms with Gasteiger partial charge < -0.3 is 14.7 Å². The number of rotatable bonds is 3. The molecule has 1 saturated heterocycles. The number of amides is 1. The monoisotopic (exact) mass is 337 g/mol. The van der Waals surface area contributed by atoms with Crippen LogP contribution in [0.15, 0.2) is 24.3 Å². The van der Waals surface area contributed by atoms with Crippen LogP contribution in [0.5, 0.6) is 5.75 Å². The molecule has 6 nitrogen and oxygen atoms in total. The second kappa shape index (κ2) is 6.23. The predicted molar refractivity (Wildman–Crippen MR) is 86.1 cm³/mol. The fourth-order valence-electron chi connectivity index (χ4n) is 2.74. The minimum atomic E-state index is -1.02. The van der Waals surface area contributed by atoms with E-state index in [0.29, 0.717) is 5.75 Å². The van der Waals surface area contributed by atoms with Crippen molar-refractivity contribution in [1.82, 2.24) is 4.90 Å². The number of thioether (sulfide) groups is 1. The van der Waals surface area contributed by atoms with Gasteiger partial charge in [-0.2, -0.15) is 0 Å². The van der Waals surface area contributed by atoms with Gasteiger partial charge in [0, 0.05) is 18.6 Å². The van der Waals surface area contributed by atoms with Crippen molar-refractivity contribution in [3.8, 4) is 5.75 Å². The van der Waals surface area contributed by atoms with Crippen LogP contribution < -0.4 is 4.74 Å². The second-order valence-corrected chi connectivity index (χ2v) is 7.64. The fourth-order valence-corrected chi connectivity index (χ4v) is 4.33. The Morgan fingerprint density at radius 2 is 1.74 bits per heavy atom. The molecule has 0 radical (unpaired) electrons. The van der Waals surface area contributed by atoms with E-state index in [1.807, 2.05) is 13.8 Å². The van der Waals surface area contributed by atoms with Gasteiger partial charge in [0.25, 0.3) is 0 Å². The normalized spacial score (nSPS) is 22.7. The van der Waals surface area contributed by atoms with Crippen molar-refractivity contribution in [2.45, 2.75) is 43.9 Å². The molecule has 0 bridgehead atoms. The summed E-state index contributed by atoms with van der Waals surface area (Å²) < 4.78 is 4.37. The van der Waals surface area contributed by atoms with Crippen molar-refractivity contribution in [3.05, 3.63) is 29.8 Å². The van der Waals surface area contributed by atoms with Gasteiger partial charge in [-0.05, 0) is 31.5 Å². The molecule has 2 rings (SSSR count). The van der Waals surface area contributed by atoms with E-state index in [4.69, 9.17) is 4.74 Å². The Bertz CT molecular complexity index is 640. The summed E-state index contributed by atoms with van der Waals surface area (Å²) in [4.78, 5) is 36.0. The summed E-state index contributed by atoms with van der Waals surface area (Å²) in [6, 6.07) is 5.86. The summed E-state index contributed by atoms with van der Waals surface area (Å²) in [5.74, 6) is -1.31. The van der Waals surface area contributed by atoms with Crippen LogP contribution in [0.4, 0.5) is 0 Å². The van der Waals surface area contributed by atoms with Crippen LogP contribution in [0, 0.1) is 0 Å². The first-order valence-corrected chi connectivity index (χ1v) is 7.99. The Morgan fingerprint density at radius 1 is 1.17 bits per heavy atom. The molecular weight excluding hydrogens is 318 g/mol. The maximum Gasteiger partial charge on any atom is 0.327 e. The summed E-state index contributed by atoms with van der Waals surface area (Å²) in [6.45, 7) is 6.33. The van der Waals surface area contributed by atoms with Crippen molar-refractivity contribution in [3.63, 3.8) is 0 Å². The zero-order valence-corrected chi connectivity index (χ0v) is 14.2. The van der Waals surface area contributed by atoms with Gasteiger partial charge >= 0.3 is 11.9 Å². The number of hydrogen-bond donors (Lipinski definition) is 1. The Hall–Kier alpha value is -2.02. The van der Waals surface area contributed by atoms with Crippen LogP contribution in [-0.2, 0) is 14.4 Å². The minimum absolute atomic E-state index is 0.287. The lowest BCUT2D eigenvalue weighted by molar-refractivity contribution is -0.150. The Balaban J connectivity index is 2.35. The molecule has 124 valence electrons. The number of hydrogen-bond acceptors (Lipinski definition) is 5. The van der Waals surface area contributed by atoms with E-state index in [2.05, 4.69) is 0 Å². The van der Waals surface area contributed by atoms with Gasteiger partial charge in [0.2, 0.25) is 5.91 Å². The van der Waals surface area contributed by atoms with E-state index < -0.39 is 28.1 Å². The number of carbonyl (C=O) groups excluding carboxylic acids is 2. The number of nitrogens with zero attached hydrogens (tertiary/aromatic N) is 1. The van der Waals surface area contributed by atoms with Gasteiger partial charge in [0.1, 0.15) is 17.2 Å². The van der Waals surface area contributed by atoms with Crippen LogP contribution >= 0.6 is 11.8 Å². The van der Waals surface area contributed by atoms with Crippen LogP contribution in [0.25, 0.3) is 0 Å². The highest BCUT2D eigenvalue weighted by molar-refractivity contribution is 8.01. The molecule has 1 fully saturated rings. The molecule has 1 N–H and O–H groups in total. The maximum atomic E-state index is 12.0. The van der Waals surface area contributed by atoms with Crippen LogP contribution in [0.1, 0.15) is 38.6 Å². The average Bonchev–Trinajstić information content (AvgIpc) is 2.70. The molecule has 7 heteroatoms. The molecule has 0 saturated carbocycles. The third kappa shape index (κ3) is 3.50. The van der Waals surface area contributed by atoms with Crippen LogP contribution in [0.2, 0.25) is 0 Å². The summed E-state index contributed by atoms with van der Waals surface area (Å²) in [6.07, 6.45) is 0. The van der Waals surface area contributed by atoms with Crippen molar-refractivity contribution in [2.24, 2.45) is 0 Å². The molecule has 0 aromatic heterocycles. The second-order valence-electron chi connectivity index (χ2n) is 5.90. The first-order valence-electron chi connectivity index (χ1n) is 7.11. The van der Waals surface area contributed by atoms with Crippen molar-refractivity contribution < 1.29 is 24.2 Å². The van der Waals surface area contributed by atoms with Gasteiger partial charge in [-0.1, -0.05) is 12.1 Å². The first-order chi connectivity index (χ1) is 10.6. The van der Waals surface area contributed by atoms with Crippen molar-refractivity contribution in [1.29, 1.82) is 0 Å². The standard InChI is InChI=1S/C16H19NO5S/c1-9(18)17-13(15(20)21)16(3,4)23-14(17)11-5-7-12(8-6-11)22-10(2)19/h5-8,13-14H,1-4H3,(H,20,21)/t13-,14-/m0/s1. The predicted octanol–water partition coefficient (Wildman–Crippen LogP) is 2.44. The zero-order valence-electron chi connectivity index (χ0n) is 13.4. The van der Waals surface area contributed by atoms with E-state index in [9.17, 15) is 19.5 Å². The number of esters is 1. The van der Waals surface area contributed by atoms with E-state index in [-0.39, 0.29) is 5.91 Å². The lowest BCUT2D eigenvalue weighted by atomic mass is 10.0. The highest BCUT2D eigenvalue weighted by Gasteiger charge is 2.52. The molecule has 1 heterocycles. The highest BCUT2D eigenvalue weighted by Crippen LogP contribution is 2.52. The lowest BCUT2D eigenvalue weighted by Gasteiger charge is -2.28. The van der Waals surface area contributed by atoms with Gasteiger partial charge in [0.05, 0.1) is 0 Å². The van der Waals surface area contributed by atoms with E-state index in [0.717, 1.165) is 5.56 Å².